The summed E-state index contributed by atoms with van der Waals surface area (Å²) in [6, 6.07) is 4.91. The lowest BCUT2D eigenvalue weighted by atomic mass is 9.91. The van der Waals surface area contributed by atoms with Crippen LogP contribution in [0, 0.1) is 5.92 Å². The minimum absolute atomic E-state index is 0.546. The van der Waals surface area contributed by atoms with Crippen LogP contribution in [0.25, 0.3) is 0 Å². The van der Waals surface area contributed by atoms with Gasteiger partial charge in [0.15, 0.2) is 0 Å². The summed E-state index contributed by atoms with van der Waals surface area (Å²) in [5, 5.41) is 3.44. The van der Waals surface area contributed by atoms with E-state index in [0.717, 1.165) is 18.8 Å². The summed E-state index contributed by atoms with van der Waals surface area (Å²) in [5.74, 6) is 0.743. The van der Waals surface area contributed by atoms with Crippen LogP contribution in [0.1, 0.15) is 44.9 Å². The molecule has 0 aliphatic heterocycles. The molecule has 1 heterocycles. The van der Waals surface area contributed by atoms with Crippen molar-refractivity contribution in [3.8, 4) is 0 Å². The number of nitrogens with zero attached hydrogens (tertiary/aromatic N) is 1. The summed E-state index contributed by atoms with van der Waals surface area (Å²) < 4.78 is 0. The average Bonchev–Trinajstić information content (AvgIpc) is 2.39. The van der Waals surface area contributed by atoms with E-state index >= 15 is 0 Å². The van der Waals surface area contributed by atoms with Crippen LogP contribution in [0.3, 0.4) is 0 Å². The molecule has 96 valence electrons. The number of aryl methyl sites for hydroxylation is 1. The molecular weight excluding hydrogens is 208 g/mol. The van der Waals surface area contributed by atoms with Gasteiger partial charge in [-0.1, -0.05) is 39.7 Å². The van der Waals surface area contributed by atoms with Gasteiger partial charge < -0.3 is 5.32 Å². The van der Waals surface area contributed by atoms with E-state index in [4.69, 9.17) is 0 Å². The normalized spacial score (nSPS) is 13.0. The van der Waals surface area contributed by atoms with Crippen molar-refractivity contribution in [3.05, 3.63) is 29.6 Å². The van der Waals surface area contributed by atoms with Gasteiger partial charge in [-0.05, 0) is 31.0 Å². The van der Waals surface area contributed by atoms with Crippen molar-refractivity contribution in [2.75, 3.05) is 7.05 Å². The summed E-state index contributed by atoms with van der Waals surface area (Å²) in [6.45, 7) is 6.70. The Bertz CT molecular complexity index is 301. The van der Waals surface area contributed by atoms with Crippen LogP contribution in [-0.4, -0.2) is 18.1 Å². The van der Waals surface area contributed by atoms with Crippen LogP contribution in [0.5, 0.6) is 0 Å². The van der Waals surface area contributed by atoms with Crippen molar-refractivity contribution >= 4 is 0 Å². The first-order valence-corrected chi connectivity index (χ1v) is 6.86. The van der Waals surface area contributed by atoms with Crippen molar-refractivity contribution < 1.29 is 0 Å². The third-order valence-electron chi connectivity index (χ3n) is 3.71. The number of rotatable bonds is 7. The molecule has 0 saturated heterocycles. The largest absolute Gasteiger partial charge is 0.316 e. The van der Waals surface area contributed by atoms with E-state index in [1.165, 1.54) is 24.1 Å². The molecule has 1 atom stereocenters. The quantitative estimate of drug-likeness (QED) is 0.783. The maximum Gasteiger partial charge on any atom is 0.0419 e. The van der Waals surface area contributed by atoms with Crippen molar-refractivity contribution in [2.24, 2.45) is 5.92 Å². The predicted octanol–water partition coefficient (Wildman–Crippen LogP) is 3.21. The van der Waals surface area contributed by atoms with E-state index in [2.05, 4.69) is 50.3 Å². The first-order valence-electron chi connectivity index (χ1n) is 6.86. The summed E-state index contributed by atoms with van der Waals surface area (Å²) >= 11 is 0. The lowest BCUT2D eigenvalue weighted by molar-refractivity contribution is 0.347. The zero-order chi connectivity index (χ0) is 12.7. The molecular formula is C15H26N2. The molecule has 1 aromatic heterocycles. The Morgan fingerprint density at radius 3 is 2.29 bits per heavy atom. The fourth-order valence-electron chi connectivity index (χ4n) is 2.37. The molecule has 17 heavy (non-hydrogen) atoms. The Morgan fingerprint density at radius 2 is 1.88 bits per heavy atom. The third kappa shape index (κ3) is 4.12. The maximum atomic E-state index is 4.55. The molecule has 0 radical (unpaired) electrons. The molecule has 2 heteroatoms. The van der Waals surface area contributed by atoms with Crippen LogP contribution in [-0.2, 0) is 12.8 Å². The Labute approximate surface area is 106 Å². The minimum Gasteiger partial charge on any atom is -0.316 e. The van der Waals surface area contributed by atoms with Gasteiger partial charge in [-0.3, -0.25) is 4.98 Å². The van der Waals surface area contributed by atoms with E-state index in [9.17, 15) is 0 Å². The minimum atomic E-state index is 0.546. The van der Waals surface area contributed by atoms with E-state index < -0.39 is 0 Å². The first kappa shape index (κ1) is 14.2. The fourth-order valence-corrected chi connectivity index (χ4v) is 2.37. The second kappa shape index (κ2) is 7.44. The number of nitrogens with one attached hydrogen (secondary N) is 1. The molecule has 1 rings (SSSR count). The standard InChI is InChI=1S/C15H26N2/c1-5-12-8-9-14(17-11-12)10-15(16-4)13(6-2)7-3/h8-9,11,13,15-16H,5-7,10H2,1-4H3. The number of hydrogen-bond donors (Lipinski definition) is 1. The predicted molar refractivity (Wildman–Crippen MR) is 74.2 cm³/mol. The van der Waals surface area contributed by atoms with E-state index in [0.29, 0.717) is 6.04 Å². The molecule has 0 aliphatic carbocycles. The van der Waals surface area contributed by atoms with Gasteiger partial charge in [0, 0.05) is 24.4 Å². The molecule has 0 aromatic carbocycles. The van der Waals surface area contributed by atoms with Gasteiger partial charge in [-0.2, -0.15) is 0 Å². The molecule has 0 bridgehead atoms. The van der Waals surface area contributed by atoms with Gasteiger partial charge in [-0.25, -0.2) is 0 Å². The molecule has 0 aliphatic rings. The van der Waals surface area contributed by atoms with Crippen molar-refractivity contribution in [1.29, 1.82) is 0 Å². The molecule has 1 aromatic rings. The highest BCUT2D eigenvalue weighted by Gasteiger charge is 2.17. The summed E-state index contributed by atoms with van der Waals surface area (Å²) in [7, 11) is 2.06. The molecule has 2 nitrogen and oxygen atoms in total. The van der Waals surface area contributed by atoms with E-state index in [1.54, 1.807) is 0 Å². The number of hydrogen-bond acceptors (Lipinski definition) is 2. The van der Waals surface area contributed by atoms with Crippen LogP contribution < -0.4 is 5.32 Å². The fraction of sp³-hybridized carbons (Fsp3) is 0.667. The van der Waals surface area contributed by atoms with E-state index in [-0.39, 0.29) is 0 Å². The monoisotopic (exact) mass is 234 g/mol. The van der Waals surface area contributed by atoms with E-state index in [1.807, 2.05) is 6.20 Å². The van der Waals surface area contributed by atoms with Crippen molar-refractivity contribution in [2.45, 2.75) is 52.5 Å². The zero-order valence-electron chi connectivity index (χ0n) is 11.7. The highest BCUT2D eigenvalue weighted by molar-refractivity contribution is 5.14. The average molecular weight is 234 g/mol. The molecule has 0 fully saturated rings. The van der Waals surface area contributed by atoms with Crippen LogP contribution >= 0.6 is 0 Å². The van der Waals surface area contributed by atoms with Gasteiger partial charge in [0.05, 0.1) is 0 Å². The molecule has 0 amide bonds. The van der Waals surface area contributed by atoms with Gasteiger partial charge in [-0.15, -0.1) is 0 Å². The Balaban J connectivity index is 2.66. The Morgan fingerprint density at radius 1 is 1.18 bits per heavy atom. The first-order chi connectivity index (χ1) is 8.24. The smallest absolute Gasteiger partial charge is 0.0419 e. The molecule has 1 unspecified atom stereocenters. The number of pyridine rings is 1. The van der Waals surface area contributed by atoms with Gasteiger partial charge in [0.2, 0.25) is 0 Å². The van der Waals surface area contributed by atoms with Crippen molar-refractivity contribution in [1.82, 2.24) is 10.3 Å². The Kier molecular flexibility index (Phi) is 6.20. The lowest BCUT2D eigenvalue weighted by Crippen LogP contribution is -2.35. The highest BCUT2D eigenvalue weighted by atomic mass is 14.9. The maximum absolute atomic E-state index is 4.55. The summed E-state index contributed by atoms with van der Waals surface area (Å²) in [4.78, 5) is 4.55. The number of aromatic nitrogens is 1. The molecule has 0 spiro atoms. The topological polar surface area (TPSA) is 24.9 Å². The molecule has 0 saturated carbocycles. The summed E-state index contributed by atoms with van der Waals surface area (Å²) in [6.07, 6.45) is 6.57. The van der Waals surface area contributed by atoms with Gasteiger partial charge in [0.1, 0.15) is 0 Å². The number of likely N-dealkylation sites (N-methyl/N-ethyl adjacent to an activating group) is 1. The molecule has 1 N–H and O–H groups in total. The summed E-state index contributed by atoms with van der Waals surface area (Å²) in [5.41, 5.74) is 2.52. The highest BCUT2D eigenvalue weighted by Crippen LogP contribution is 2.16. The van der Waals surface area contributed by atoms with Crippen LogP contribution in [0.2, 0.25) is 0 Å². The second-order valence-corrected chi connectivity index (χ2v) is 4.69. The van der Waals surface area contributed by atoms with Crippen LogP contribution in [0.15, 0.2) is 18.3 Å². The Hall–Kier alpha value is -0.890. The third-order valence-corrected chi connectivity index (χ3v) is 3.71. The lowest BCUT2D eigenvalue weighted by Gasteiger charge is -2.24. The SMILES string of the molecule is CCc1ccc(CC(NC)C(CC)CC)nc1. The van der Waals surface area contributed by atoms with Crippen LogP contribution in [0.4, 0.5) is 0 Å². The van der Waals surface area contributed by atoms with Crippen molar-refractivity contribution in [3.63, 3.8) is 0 Å². The second-order valence-electron chi connectivity index (χ2n) is 4.69. The van der Waals surface area contributed by atoms with Gasteiger partial charge >= 0.3 is 0 Å². The zero-order valence-corrected chi connectivity index (χ0v) is 11.7. The van der Waals surface area contributed by atoms with Gasteiger partial charge in [0.25, 0.3) is 0 Å².